The van der Waals surface area contributed by atoms with E-state index in [0.717, 1.165) is 27.7 Å². The number of fused-ring (bicyclic) bond motifs is 1. The number of carbonyl (C=O) groups excluding carboxylic acids is 1. The highest BCUT2D eigenvalue weighted by atomic mass is 79.9. The zero-order valence-electron chi connectivity index (χ0n) is 13.6. The number of rotatable bonds is 4. The van der Waals surface area contributed by atoms with Crippen LogP contribution in [-0.4, -0.2) is 10.8 Å². The van der Waals surface area contributed by atoms with Crippen molar-refractivity contribution in [3.63, 3.8) is 0 Å². The molecule has 0 aliphatic carbocycles. The number of carbonyl (C=O) groups is 1. The number of aryl methyl sites for hydroxylation is 2. The molecular weight excluding hydrogens is 388 g/mol. The van der Waals surface area contributed by atoms with E-state index < -0.39 is 4.92 Å². The van der Waals surface area contributed by atoms with Gasteiger partial charge in [0.25, 0.3) is 5.69 Å². The molecule has 0 saturated carbocycles. The van der Waals surface area contributed by atoms with Gasteiger partial charge in [0.05, 0.1) is 23.3 Å². The number of nitrogens with zero attached hydrogens (tertiary/aromatic N) is 1. The summed E-state index contributed by atoms with van der Waals surface area (Å²) in [6, 6.07) is 8.16. The molecule has 0 saturated heterocycles. The molecule has 1 amide bonds. The lowest BCUT2D eigenvalue weighted by Crippen LogP contribution is -2.14. The number of hydrogen-bond acceptors (Lipinski definition) is 4. The van der Waals surface area contributed by atoms with Crippen molar-refractivity contribution in [2.24, 2.45) is 0 Å². The van der Waals surface area contributed by atoms with Crippen molar-refractivity contribution in [3.05, 3.63) is 67.9 Å². The van der Waals surface area contributed by atoms with E-state index >= 15 is 0 Å². The van der Waals surface area contributed by atoms with Crippen LogP contribution in [0, 0.1) is 24.0 Å². The number of anilines is 1. The first-order chi connectivity index (χ1) is 11.9. The van der Waals surface area contributed by atoms with E-state index in [0.29, 0.717) is 10.2 Å². The second-order valence-electron chi connectivity index (χ2n) is 5.79. The lowest BCUT2D eigenvalue weighted by Gasteiger charge is -2.07. The van der Waals surface area contributed by atoms with Gasteiger partial charge >= 0.3 is 0 Å². The Hall–Kier alpha value is -2.67. The zero-order valence-corrected chi connectivity index (χ0v) is 15.2. The first kappa shape index (κ1) is 17.2. The molecule has 7 heteroatoms. The van der Waals surface area contributed by atoms with Gasteiger partial charge in [0, 0.05) is 27.6 Å². The number of nitro groups is 1. The maximum atomic E-state index is 12.3. The third kappa shape index (κ3) is 3.41. The Morgan fingerprint density at radius 3 is 2.72 bits per heavy atom. The summed E-state index contributed by atoms with van der Waals surface area (Å²) in [5.41, 5.74) is 4.22. The number of nitro benzene ring substituents is 1. The van der Waals surface area contributed by atoms with Gasteiger partial charge in [-0.1, -0.05) is 12.1 Å². The summed E-state index contributed by atoms with van der Waals surface area (Å²) in [5, 5.41) is 14.4. The third-order valence-corrected chi connectivity index (χ3v) is 4.79. The molecular formula is C18H15BrN2O4. The van der Waals surface area contributed by atoms with Gasteiger partial charge in [-0.05, 0) is 47.0 Å². The first-order valence-electron chi connectivity index (χ1n) is 7.57. The summed E-state index contributed by atoms with van der Waals surface area (Å²) >= 11 is 3.24. The summed E-state index contributed by atoms with van der Waals surface area (Å²) in [5.74, 6) is -0.226. The quantitative estimate of drug-likeness (QED) is 0.496. The number of benzene rings is 2. The average Bonchev–Trinajstić information content (AvgIpc) is 2.96. The molecule has 1 heterocycles. The molecule has 0 radical (unpaired) electrons. The van der Waals surface area contributed by atoms with Gasteiger partial charge in [0.15, 0.2) is 0 Å². The van der Waals surface area contributed by atoms with Crippen molar-refractivity contribution in [3.8, 4) is 0 Å². The highest BCUT2D eigenvalue weighted by Crippen LogP contribution is 2.29. The predicted molar refractivity (Wildman–Crippen MR) is 98.8 cm³/mol. The number of amides is 1. The van der Waals surface area contributed by atoms with Crippen LogP contribution >= 0.6 is 15.9 Å². The maximum Gasteiger partial charge on any atom is 0.270 e. The Bertz CT molecular complexity index is 994. The normalized spacial score (nSPS) is 10.8. The highest BCUT2D eigenvalue weighted by molar-refractivity contribution is 9.10. The average molecular weight is 403 g/mol. The standard InChI is InChI=1S/C18H15BrN2O4/c1-10-3-5-14-12(9-25-18(14)11(10)2)7-17(22)20-16-6-4-13(21(23)24)8-15(16)19/h3-6,8-9H,7H2,1-2H3,(H,20,22). The molecule has 128 valence electrons. The van der Waals surface area contributed by atoms with E-state index in [1.807, 2.05) is 26.0 Å². The van der Waals surface area contributed by atoms with Crippen LogP contribution in [0.5, 0.6) is 0 Å². The summed E-state index contributed by atoms with van der Waals surface area (Å²) < 4.78 is 6.07. The summed E-state index contributed by atoms with van der Waals surface area (Å²) in [7, 11) is 0. The van der Waals surface area contributed by atoms with Crippen molar-refractivity contribution in [2.75, 3.05) is 5.32 Å². The van der Waals surface area contributed by atoms with Gasteiger partial charge in [-0.15, -0.1) is 0 Å². The van der Waals surface area contributed by atoms with Crippen molar-refractivity contribution < 1.29 is 14.1 Å². The molecule has 0 aliphatic heterocycles. The van der Waals surface area contributed by atoms with Gasteiger partial charge in [0.2, 0.25) is 5.91 Å². The van der Waals surface area contributed by atoms with Crippen LogP contribution in [0.15, 0.2) is 45.5 Å². The van der Waals surface area contributed by atoms with Crippen molar-refractivity contribution in [2.45, 2.75) is 20.3 Å². The van der Waals surface area contributed by atoms with Crippen LogP contribution in [0.1, 0.15) is 16.7 Å². The second-order valence-corrected chi connectivity index (χ2v) is 6.65. The molecule has 0 fully saturated rings. The molecule has 3 rings (SSSR count). The van der Waals surface area contributed by atoms with E-state index in [1.165, 1.54) is 18.2 Å². The number of nitrogens with one attached hydrogen (secondary N) is 1. The topological polar surface area (TPSA) is 85.4 Å². The fourth-order valence-corrected chi connectivity index (χ4v) is 3.08. The van der Waals surface area contributed by atoms with Crippen LogP contribution in [-0.2, 0) is 11.2 Å². The predicted octanol–water partition coefficient (Wildman–Crippen LogP) is 4.90. The second kappa shape index (κ2) is 6.68. The third-order valence-electron chi connectivity index (χ3n) is 4.13. The lowest BCUT2D eigenvalue weighted by atomic mass is 10.0. The molecule has 0 atom stereocenters. The Kier molecular flexibility index (Phi) is 4.59. The number of halogens is 1. The smallest absolute Gasteiger partial charge is 0.270 e. The van der Waals surface area contributed by atoms with Gasteiger partial charge in [-0.3, -0.25) is 14.9 Å². The van der Waals surface area contributed by atoms with Crippen molar-refractivity contribution >= 4 is 44.2 Å². The summed E-state index contributed by atoms with van der Waals surface area (Å²) in [6.07, 6.45) is 1.75. The van der Waals surface area contributed by atoms with E-state index in [2.05, 4.69) is 21.2 Å². The summed E-state index contributed by atoms with van der Waals surface area (Å²) in [4.78, 5) is 22.6. The van der Waals surface area contributed by atoms with Crippen molar-refractivity contribution in [1.82, 2.24) is 0 Å². The van der Waals surface area contributed by atoms with Crippen LogP contribution in [0.3, 0.4) is 0 Å². The first-order valence-corrected chi connectivity index (χ1v) is 8.36. The number of hydrogen-bond donors (Lipinski definition) is 1. The molecule has 2 aromatic carbocycles. The minimum atomic E-state index is -0.488. The van der Waals surface area contributed by atoms with E-state index in [-0.39, 0.29) is 18.0 Å². The largest absolute Gasteiger partial charge is 0.464 e. The number of non-ortho nitro benzene ring substituents is 1. The minimum Gasteiger partial charge on any atom is -0.464 e. The van der Waals surface area contributed by atoms with E-state index in [1.54, 1.807) is 6.26 Å². The van der Waals surface area contributed by atoms with Gasteiger partial charge in [-0.2, -0.15) is 0 Å². The molecule has 0 bridgehead atoms. The zero-order chi connectivity index (χ0) is 18.1. The molecule has 3 aromatic rings. The lowest BCUT2D eigenvalue weighted by molar-refractivity contribution is -0.384. The molecule has 0 aliphatic rings. The Morgan fingerprint density at radius 2 is 2.04 bits per heavy atom. The molecule has 0 unspecified atom stereocenters. The highest BCUT2D eigenvalue weighted by Gasteiger charge is 2.15. The molecule has 6 nitrogen and oxygen atoms in total. The van der Waals surface area contributed by atoms with Gasteiger partial charge < -0.3 is 9.73 Å². The van der Waals surface area contributed by atoms with Crippen LogP contribution in [0.2, 0.25) is 0 Å². The fourth-order valence-electron chi connectivity index (χ4n) is 2.61. The Balaban J connectivity index is 1.80. The monoisotopic (exact) mass is 402 g/mol. The van der Waals surface area contributed by atoms with Crippen LogP contribution in [0.4, 0.5) is 11.4 Å². The Morgan fingerprint density at radius 1 is 1.28 bits per heavy atom. The minimum absolute atomic E-state index is 0.0449. The van der Waals surface area contributed by atoms with Crippen LogP contribution < -0.4 is 5.32 Å². The van der Waals surface area contributed by atoms with Gasteiger partial charge in [-0.25, -0.2) is 0 Å². The fraction of sp³-hybridized carbons (Fsp3) is 0.167. The Labute approximate surface area is 152 Å². The maximum absolute atomic E-state index is 12.3. The SMILES string of the molecule is Cc1ccc2c(CC(=O)Nc3ccc([N+](=O)[O-])cc3Br)coc2c1C. The van der Waals surface area contributed by atoms with E-state index in [4.69, 9.17) is 4.42 Å². The number of furan rings is 1. The van der Waals surface area contributed by atoms with Crippen molar-refractivity contribution in [1.29, 1.82) is 0 Å². The molecule has 1 aromatic heterocycles. The van der Waals surface area contributed by atoms with Crippen LogP contribution in [0.25, 0.3) is 11.0 Å². The van der Waals surface area contributed by atoms with E-state index in [9.17, 15) is 14.9 Å². The molecule has 25 heavy (non-hydrogen) atoms. The summed E-state index contributed by atoms with van der Waals surface area (Å²) in [6.45, 7) is 3.99. The van der Waals surface area contributed by atoms with Gasteiger partial charge in [0.1, 0.15) is 5.58 Å². The molecule has 0 spiro atoms. The molecule has 1 N–H and O–H groups in total.